The number of carbonyl (C=O) groups is 2. The molecule has 1 atom stereocenters. The molecule has 0 aromatic heterocycles. The van der Waals surface area contributed by atoms with Crippen LogP contribution in [0.4, 0.5) is 0 Å². The maximum absolute atomic E-state index is 12.2. The van der Waals surface area contributed by atoms with Crippen LogP contribution in [0.2, 0.25) is 0 Å². The van der Waals surface area contributed by atoms with Crippen molar-refractivity contribution < 1.29 is 14.7 Å². The van der Waals surface area contributed by atoms with Crippen LogP contribution in [-0.2, 0) is 9.59 Å². The highest BCUT2D eigenvalue weighted by molar-refractivity contribution is 5.83. The Kier molecular flexibility index (Phi) is 6.12. The van der Waals surface area contributed by atoms with Gasteiger partial charge in [0.2, 0.25) is 5.91 Å². The second-order valence-corrected chi connectivity index (χ2v) is 5.02. The lowest BCUT2D eigenvalue weighted by atomic mass is 9.77. The summed E-state index contributed by atoms with van der Waals surface area (Å²) in [5.74, 6) is -0.657. The molecule has 1 rings (SSSR count). The topological polar surface area (TPSA) is 78.4 Å². The number of unbranched alkanes of at least 4 members (excludes halogenated alkanes) is 1. The first-order chi connectivity index (χ1) is 8.60. The van der Waals surface area contributed by atoms with Gasteiger partial charge < -0.3 is 15.7 Å². The van der Waals surface area contributed by atoms with Crippen molar-refractivity contribution in [2.75, 3.05) is 19.6 Å². The first kappa shape index (κ1) is 15.0. The van der Waals surface area contributed by atoms with Crippen molar-refractivity contribution in [3.8, 4) is 0 Å². The van der Waals surface area contributed by atoms with Gasteiger partial charge in [0.15, 0.2) is 0 Å². The van der Waals surface area contributed by atoms with Gasteiger partial charge in [0.05, 0.1) is 5.41 Å². The lowest BCUT2D eigenvalue weighted by Gasteiger charge is -2.35. The highest BCUT2D eigenvalue weighted by atomic mass is 16.4. The maximum Gasteiger partial charge on any atom is 0.303 e. The number of amides is 1. The van der Waals surface area contributed by atoms with Gasteiger partial charge in [-0.05, 0) is 38.6 Å². The number of piperidine rings is 1. The van der Waals surface area contributed by atoms with Crippen molar-refractivity contribution in [1.82, 2.24) is 10.6 Å². The fourth-order valence-corrected chi connectivity index (χ4v) is 2.41. The Morgan fingerprint density at radius 2 is 2.17 bits per heavy atom. The Hall–Kier alpha value is -1.10. The molecule has 0 aromatic carbocycles. The minimum atomic E-state index is -0.775. The lowest BCUT2D eigenvalue weighted by molar-refractivity contribution is -0.137. The van der Waals surface area contributed by atoms with Crippen LogP contribution >= 0.6 is 0 Å². The van der Waals surface area contributed by atoms with Gasteiger partial charge in [0, 0.05) is 19.5 Å². The van der Waals surface area contributed by atoms with E-state index in [4.69, 9.17) is 5.11 Å². The molecule has 5 heteroatoms. The third-order valence-corrected chi connectivity index (χ3v) is 3.73. The van der Waals surface area contributed by atoms with E-state index in [9.17, 15) is 9.59 Å². The standard InChI is InChI=1S/C13H24N2O3/c1-2-13(7-5-8-14-10-13)12(18)15-9-4-3-6-11(16)17/h14H,2-10H2,1H3,(H,15,18)(H,16,17). The molecule has 0 aromatic rings. The minimum Gasteiger partial charge on any atom is -0.481 e. The van der Waals surface area contributed by atoms with Crippen LogP contribution in [0, 0.1) is 5.41 Å². The molecule has 0 aliphatic carbocycles. The van der Waals surface area contributed by atoms with Gasteiger partial charge in [0.25, 0.3) is 0 Å². The summed E-state index contributed by atoms with van der Waals surface area (Å²) in [6.45, 7) is 4.38. The predicted molar refractivity (Wildman–Crippen MR) is 69.3 cm³/mol. The summed E-state index contributed by atoms with van der Waals surface area (Å²) in [7, 11) is 0. The van der Waals surface area contributed by atoms with Gasteiger partial charge in [-0.1, -0.05) is 6.92 Å². The SMILES string of the molecule is CCC1(C(=O)NCCCCC(=O)O)CCCNC1. The molecule has 0 spiro atoms. The second-order valence-electron chi connectivity index (χ2n) is 5.02. The third-order valence-electron chi connectivity index (χ3n) is 3.73. The van der Waals surface area contributed by atoms with Crippen LogP contribution in [0.1, 0.15) is 45.4 Å². The minimum absolute atomic E-state index is 0.118. The summed E-state index contributed by atoms with van der Waals surface area (Å²) >= 11 is 0. The second kappa shape index (κ2) is 7.36. The Balaban J connectivity index is 2.27. The summed E-state index contributed by atoms with van der Waals surface area (Å²) < 4.78 is 0. The van der Waals surface area contributed by atoms with Crippen molar-refractivity contribution in [2.45, 2.75) is 45.4 Å². The molecule has 1 aliphatic heterocycles. The van der Waals surface area contributed by atoms with Gasteiger partial charge in [-0.2, -0.15) is 0 Å². The number of aliphatic carboxylic acids is 1. The predicted octanol–water partition coefficient (Wildman–Crippen LogP) is 1.14. The number of hydrogen-bond donors (Lipinski definition) is 3. The number of carbonyl (C=O) groups excluding carboxylic acids is 1. The fourth-order valence-electron chi connectivity index (χ4n) is 2.41. The quantitative estimate of drug-likeness (QED) is 0.597. The van der Waals surface area contributed by atoms with E-state index in [1.165, 1.54) is 0 Å². The van der Waals surface area contributed by atoms with Crippen LogP contribution in [0.15, 0.2) is 0 Å². The largest absolute Gasteiger partial charge is 0.481 e. The molecule has 0 radical (unpaired) electrons. The van der Waals surface area contributed by atoms with Gasteiger partial charge in [-0.3, -0.25) is 9.59 Å². The molecule has 1 aliphatic rings. The molecule has 1 fully saturated rings. The molecule has 1 heterocycles. The molecule has 18 heavy (non-hydrogen) atoms. The van der Waals surface area contributed by atoms with Crippen molar-refractivity contribution >= 4 is 11.9 Å². The van der Waals surface area contributed by atoms with Gasteiger partial charge in [-0.25, -0.2) is 0 Å². The van der Waals surface area contributed by atoms with Gasteiger partial charge in [-0.15, -0.1) is 0 Å². The molecule has 5 nitrogen and oxygen atoms in total. The number of carboxylic acid groups (broad SMARTS) is 1. The molecule has 1 saturated heterocycles. The Morgan fingerprint density at radius 3 is 2.72 bits per heavy atom. The van der Waals surface area contributed by atoms with Crippen LogP contribution in [-0.4, -0.2) is 36.6 Å². The molecule has 1 unspecified atom stereocenters. The molecular formula is C13H24N2O3. The van der Waals surface area contributed by atoms with E-state index < -0.39 is 5.97 Å². The zero-order valence-corrected chi connectivity index (χ0v) is 11.1. The van der Waals surface area contributed by atoms with Crippen molar-refractivity contribution in [3.05, 3.63) is 0 Å². The summed E-state index contributed by atoms with van der Waals surface area (Å²) in [5, 5.41) is 14.7. The highest BCUT2D eigenvalue weighted by Crippen LogP contribution is 2.30. The smallest absolute Gasteiger partial charge is 0.303 e. The average Bonchev–Trinajstić information content (AvgIpc) is 2.38. The number of rotatable bonds is 7. The Morgan fingerprint density at radius 1 is 1.39 bits per heavy atom. The van der Waals surface area contributed by atoms with E-state index in [-0.39, 0.29) is 17.7 Å². The maximum atomic E-state index is 12.2. The van der Waals surface area contributed by atoms with Crippen LogP contribution < -0.4 is 10.6 Å². The van der Waals surface area contributed by atoms with E-state index in [2.05, 4.69) is 17.6 Å². The van der Waals surface area contributed by atoms with E-state index in [0.29, 0.717) is 13.0 Å². The highest BCUT2D eigenvalue weighted by Gasteiger charge is 2.37. The van der Waals surface area contributed by atoms with Crippen molar-refractivity contribution in [1.29, 1.82) is 0 Å². The first-order valence-corrected chi connectivity index (χ1v) is 6.81. The van der Waals surface area contributed by atoms with Crippen molar-refractivity contribution in [2.24, 2.45) is 5.41 Å². The van der Waals surface area contributed by atoms with Crippen LogP contribution in [0.3, 0.4) is 0 Å². The number of carboxylic acids is 1. The van der Waals surface area contributed by atoms with E-state index in [1.54, 1.807) is 0 Å². The molecule has 104 valence electrons. The van der Waals surface area contributed by atoms with Crippen LogP contribution in [0.5, 0.6) is 0 Å². The summed E-state index contributed by atoms with van der Waals surface area (Å²) in [4.78, 5) is 22.5. The molecule has 1 amide bonds. The third kappa shape index (κ3) is 4.29. The normalized spacial score (nSPS) is 23.6. The Labute approximate surface area is 108 Å². The number of hydrogen-bond acceptors (Lipinski definition) is 3. The first-order valence-electron chi connectivity index (χ1n) is 6.81. The summed E-state index contributed by atoms with van der Waals surface area (Å²) in [5.41, 5.74) is -0.259. The monoisotopic (exact) mass is 256 g/mol. The van der Waals surface area contributed by atoms with Crippen LogP contribution in [0.25, 0.3) is 0 Å². The van der Waals surface area contributed by atoms with E-state index in [0.717, 1.165) is 38.8 Å². The van der Waals surface area contributed by atoms with E-state index >= 15 is 0 Å². The zero-order valence-electron chi connectivity index (χ0n) is 11.1. The average molecular weight is 256 g/mol. The molecule has 0 bridgehead atoms. The zero-order chi connectivity index (χ0) is 13.4. The van der Waals surface area contributed by atoms with Gasteiger partial charge in [0.1, 0.15) is 0 Å². The molecule has 0 saturated carbocycles. The Bertz CT molecular complexity index is 286. The summed E-state index contributed by atoms with van der Waals surface area (Å²) in [6.07, 6.45) is 4.35. The van der Waals surface area contributed by atoms with Crippen molar-refractivity contribution in [3.63, 3.8) is 0 Å². The van der Waals surface area contributed by atoms with E-state index in [1.807, 2.05) is 0 Å². The number of nitrogens with one attached hydrogen (secondary N) is 2. The lowest BCUT2D eigenvalue weighted by Crippen LogP contribution is -2.50. The summed E-state index contributed by atoms with van der Waals surface area (Å²) in [6, 6.07) is 0. The molecular weight excluding hydrogens is 232 g/mol. The fraction of sp³-hybridized carbons (Fsp3) is 0.846. The molecule has 3 N–H and O–H groups in total. The van der Waals surface area contributed by atoms with Gasteiger partial charge >= 0.3 is 5.97 Å².